The molecule has 0 saturated carbocycles. The van der Waals surface area contributed by atoms with Gasteiger partial charge in [-0.2, -0.15) is 0 Å². The summed E-state index contributed by atoms with van der Waals surface area (Å²) in [6.45, 7) is 0.825. The molecule has 2 aromatic rings. The zero-order chi connectivity index (χ0) is 13.1. The number of pyridine rings is 1. The van der Waals surface area contributed by atoms with Gasteiger partial charge in [0.2, 0.25) is 5.91 Å². The van der Waals surface area contributed by atoms with Crippen molar-refractivity contribution in [2.24, 2.45) is 0 Å². The van der Waals surface area contributed by atoms with Gasteiger partial charge in [-0.3, -0.25) is 9.78 Å². The molecule has 1 unspecified atom stereocenters. The van der Waals surface area contributed by atoms with Crippen LogP contribution in [0.3, 0.4) is 0 Å². The highest BCUT2D eigenvalue weighted by Gasteiger charge is 2.25. The van der Waals surface area contributed by atoms with Gasteiger partial charge in [0.15, 0.2) is 0 Å². The minimum absolute atomic E-state index is 0.0418. The molecule has 1 aromatic heterocycles. The molecule has 1 atom stereocenters. The first-order valence-corrected chi connectivity index (χ1v) is 6.38. The highest BCUT2D eigenvalue weighted by Crippen LogP contribution is 2.32. The molecular weight excluding hydrogens is 238 g/mol. The predicted octanol–water partition coefficient (Wildman–Crippen LogP) is 2.62. The van der Waals surface area contributed by atoms with Crippen molar-refractivity contribution in [3.05, 3.63) is 54.4 Å². The van der Waals surface area contributed by atoms with E-state index in [1.807, 2.05) is 24.3 Å². The Morgan fingerprint density at radius 2 is 2.00 bits per heavy atom. The summed E-state index contributed by atoms with van der Waals surface area (Å²) < 4.78 is 0. The number of rotatable bonds is 2. The van der Waals surface area contributed by atoms with Crippen LogP contribution in [0, 0.1) is 0 Å². The van der Waals surface area contributed by atoms with Crippen LogP contribution in [0.15, 0.2) is 48.8 Å². The van der Waals surface area contributed by atoms with Crippen molar-refractivity contribution in [2.45, 2.75) is 12.3 Å². The normalized spacial score (nSPS) is 17.2. The highest BCUT2D eigenvalue weighted by molar-refractivity contribution is 5.97. The number of benzene rings is 1. The van der Waals surface area contributed by atoms with Crippen molar-refractivity contribution < 1.29 is 4.79 Å². The number of hydrogen-bond donors (Lipinski definition) is 2. The van der Waals surface area contributed by atoms with Crippen LogP contribution in [0.5, 0.6) is 0 Å². The van der Waals surface area contributed by atoms with Crippen LogP contribution < -0.4 is 10.6 Å². The van der Waals surface area contributed by atoms with E-state index in [4.69, 9.17) is 0 Å². The maximum absolute atomic E-state index is 12.4. The molecule has 0 fully saturated rings. The van der Waals surface area contributed by atoms with Gasteiger partial charge in [-0.15, -0.1) is 0 Å². The number of aromatic nitrogens is 1. The van der Waals surface area contributed by atoms with Crippen molar-refractivity contribution in [1.82, 2.24) is 4.98 Å². The Bertz CT molecular complexity index is 583. The quantitative estimate of drug-likeness (QED) is 0.865. The van der Waals surface area contributed by atoms with Crippen LogP contribution in [-0.2, 0) is 4.79 Å². The number of nitrogens with zero attached hydrogens (tertiary/aromatic N) is 1. The monoisotopic (exact) mass is 253 g/mol. The molecule has 4 heteroatoms. The van der Waals surface area contributed by atoms with Crippen molar-refractivity contribution in [3.63, 3.8) is 0 Å². The van der Waals surface area contributed by atoms with Crippen LogP contribution in [0.1, 0.15) is 17.9 Å². The lowest BCUT2D eigenvalue weighted by Crippen LogP contribution is -2.27. The summed E-state index contributed by atoms with van der Waals surface area (Å²) in [5, 5.41) is 6.27. The van der Waals surface area contributed by atoms with Gasteiger partial charge >= 0.3 is 0 Å². The van der Waals surface area contributed by atoms with Crippen molar-refractivity contribution >= 4 is 17.3 Å². The molecule has 2 N–H and O–H groups in total. The van der Waals surface area contributed by atoms with E-state index in [2.05, 4.69) is 15.6 Å². The fourth-order valence-corrected chi connectivity index (χ4v) is 2.41. The SMILES string of the molecule is O=C(Nc1ccncc1)C1CCNc2ccccc21. The fraction of sp³-hybridized carbons (Fsp3) is 0.200. The van der Waals surface area contributed by atoms with Gasteiger partial charge in [0.05, 0.1) is 5.92 Å². The van der Waals surface area contributed by atoms with Gasteiger partial charge in [-0.1, -0.05) is 18.2 Å². The standard InChI is InChI=1S/C15H15N3O/c19-15(18-11-5-8-16-9-6-11)13-7-10-17-14-4-2-1-3-12(13)14/h1-6,8-9,13,17H,7,10H2,(H,16,18,19). The second kappa shape index (κ2) is 5.10. The van der Waals surface area contributed by atoms with E-state index in [1.54, 1.807) is 24.5 Å². The van der Waals surface area contributed by atoms with Crippen LogP contribution in [0.2, 0.25) is 0 Å². The number of amides is 1. The van der Waals surface area contributed by atoms with Gasteiger partial charge in [0.1, 0.15) is 0 Å². The van der Waals surface area contributed by atoms with Gasteiger partial charge in [-0.25, -0.2) is 0 Å². The Labute approximate surface area is 111 Å². The summed E-state index contributed by atoms with van der Waals surface area (Å²) in [6.07, 6.45) is 4.16. The van der Waals surface area contributed by atoms with Crippen LogP contribution in [0.4, 0.5) is 11.4 Å². The molecular formula is C15H15N3O. The summed E-state index contributed by atoms with van der Waals surface area (Å²) >= 11 is 0. The minimum atomic E-state index is -0.0920. The molecule has 0 bridgehead atoms. The van der Waals surface area contributed by atoms with Gasteiger partial charge in [0.25, 0.3) is 0 Å². The van der Waals surface area contributed by atoms with Crippen LogP contribution >= 0.6 is 0 Å². The molecule has 1 amide bonds. The summed E-state index contributed by atoms with van der Waals surface area (Å²) in [5.74, 6) is -0.0502. The maximum atomic E-state index is 12.4. The van der Waals surface area contributed by atoms with Crippen molar-refractivity contribution in [3.8, 4) is 0 Å². The molecule has 4 nitrogen and oxygen atoms in total. The van der Waals surface area contributed by atoms with E-state index in [0.717, 1.165) is 29.9 Å². The Morgan fingerprint density at radius 1 is 1.21 bits per heavy atom. The maximum Gasteiger partial charge on any atom is 0.232 e. The molecule has 1 aliphatic rings. The van der Waals surface area contributed by atoms with E-state index in [-0.39, 0.29) is 11.8 Å². The predicted molar refractivity (Wildman–Crippen MR) is 75.2 cm³/mol. The van der Waals surface area contributed by atoms with E-state index in [9.17, 15) is 4.79 Å². The third-order valence-electron chi connectivity index (χ3n) is 3.35. The fourth-order valence-electron chi connectivity index (χ4n) is 2.41. The lowest BCUT2D eigenvalue weighted by Gasteiger charge is -2.25. The molecule has 0 spiro atoms. The number of nitrogens with one attached hydrogen (secondary N) is 2. The molecule has 2 heterocycles. The lowest BCUT2D eigenvalue weighted by molar-refractivity contribution is -0.117. The Hall–Kier alpha value is -2.36. The first kappa shape index (κ1) is 11.7. The zero-order valence-electron chi connectivity index (χ0n) is 10.5. The average molecular weight is 253 g/mol. The number of hydrogen-bond acceptors (Lipinski definition) is 3. The molecule has 1 aromatic carbocycles. The summed E-state index contributed by atoms with van der Waals surface area (Å²) in [6, 6.07) is 11.6. The highest BCUT2D eigenvalue weighted by atomic mass is 16.1. The summed E-state index contributed by atoms with van der Waals surface area (Å²) in [7, 11) is 0. The van der Waals surface area contributed by atoms with E-state index in [1.165, 1.54) is 0 Å². The van der Waals surface area contributed by atoms with Gasteiger partial charge in [0, 0.05) is 30.3 Å². The summed E-state index contributed by atoms with van der Waals surface area (Å²) in [5.41, 5.74) is 2.92. The second-order valence-electron chi connectivity index (χ2n) is 4.58. The third kappa shape index (κ3) is 2.42. The number of anilines is 2. The number of para-hydroxylation sites is 1. The van der Waals surface area contributed by atoms with Gasteiger partial charge in [-0.05, 0) is 30.2 Å². The Kier molecular flexibility index (Phi) is 3.14. The number of carbonyl (C=O) groups excluding carboxylic acids is 1. The molecule has 0 radical (unpaired) electrons. The first-order chi connectivity index (χ1) is 9.34. The Morgan fingerprint density at radius 3 is 2.84 bits per heavy atom. The molecule has 1 aliphatic heterocycles. The van der Waals surface area contributed by atoms with Gasteiger partial charge < -0.3 is 10.6 Å². The van der Waals surface area contributed by atoms with Crippen LogP contribution in [0.25, 0.3) is 0 Å². The average Bonchev–Trinajstić information content (AvgIpc) is 2.47. The summed E-state index contributed by atoms with van der Waals surface area (Å²) in [4.78, 5) is 16.3. The zero-order valence-corrected chi connectivity index (χ0v) is 10.5. The molecule has 3 rings (SSSR count). The first-order valence-electron chi connectivity index (χ1n) is 6.38. The lowest BCUT2D eigenvalue weighted by atomic mass is 9.90. The van der Waals surface area contributed by atoms with E-state index in [0.29, 0.717) is 0 Å². The molecule has 96 valence electrons. The Balaban J connectivity index is 1.82. The number of carbonyl (C=O) groups is 1. The topological polar surface area (TPSA) is 54.0 Å². The second-order valence-corrected chi connectivity index (χ2v) is 4.58. The smallest absolute Gasteiger partial charge is 0.232 e. The molecule has 0 aliphatic carbocycles. The largest absolute Gasteiger partial charge is 0.385 e. The third-order valence-corrected chi connectivity index (χ3v) is 3.35. The van der Waals surface area contributed by atoms with E-state index >= 15 is 0 Å². The van der Waals surface area contributed by atoms with Crippen molar-refractivity contribution in [1.29, 1.82) is 0 Å². The minimum Gasteiger partial charge on any atom is -0.385 e. The number of fused-ring (bicyclic) bond motifs is 1. The van der Waals surface area contributed by atoms with Crippen molar-refractivity contribution in [2.75, 3.05) is 17.2 Å². The van der Waals surface area contributed by atoms with Crippen LogP contribution in [-0.4, -0.2) is 17.4 Å². The van der Waals surface area contributed by atoms with E-state index < -0.39 is 0 Å². The molecule has 19 heavy (non-hydrogen) atoms. The molecule has 0 saturated heterocycles.